The van der Waals surface area contributed by atoms with Crippen LogP contribution in [0.5, 0.6) is 11.5 Å². The number of ether oxygens (including phenoxy) is 2. The zero-order valence-electron chi connectivity index (χ0n) is 16.3. The van der Waals surface area contributed by atoms with Gasteiger partial charge in [0.25, 0.3) is 5.56 Å². The zero-order valence-corrected chi connectivity index (χ0v) is 17.9. The standard InChI is InChI=1S/C22H17BrN4O4/c23-16-4-1-3-15(11-16)22-24-20(31-26-22)13-27-21(28)8-6-17(25-27)14-5-7-18-19(12-14)30-10-2-9-29-18/h1,3-8,11-12H,2,9-10,13H2. The summed E-state index contributed by atoms with van der Waals surface area (Å²) in [7, 11) is 0. The van der Waals surface area contributed by atoms with Gasteiger partial charge in [-0.1, -0.05) is 33.2 Å². The van der Waals surface area contributed by atoms with E-state index < -0.39 is 0 Å². The van der Waals surface area contributed by atoms with E-state index in [1.165, 1.54) is 10.7 Å². The summed E-state index contributed by atoms with van der Waals surface area (Å²) in [4.78, 5) is 16.8. The molecule has 9 heteroatoms. The highest BCUT2D eigenvalue weighted by molar-refractivity contribution is 9.10. The van der Waals surface area contributed by atoms with Crippen molar-refractivity contribution < 1.29 is 14.0 Å². The molecular weight excluding hydrogens is 464 g/mol. The van der Waals surface area contributed by atoms with Crippen molar-refractivity contribution in [1.29, 1.82) is 0 Å². The summed E-state index contributed by atoms with van der Waals surface area (Å²) in [6, 6.07) is 16.3. The average molecular weight is 481 g/mol. The first-order valence-electron chi connectivity index (χ1n) is 9.72. The largest absolute Gasteiger partial charge is 0.490 e. The number of benzene rings is 2. The molecule has 31 heavy (non-hydrogen) atoms. The highest BCUT2D eigenvalue weighted by Crippen LogP contribution is 2.33. The lowest BCUT2D eigenvalue weighted by Crippen LogP contribution is -2.23. The van der Waals surface area contributed by atoms with Gasteiger partial charge in [0.2, 0.25) is 11.7 Å². The van der Waals surface area contributed by atoms with Gasteiger partial charge < -0.3 is 14.0 Å². The molecule has 0 saturated heterocycles. The van der Waals surface area contributed by atoms with Crippen molar-refractivity contribution in [2.24, 2.45) is 0 Å². The topological polar surface area (TPSA) is 92.3 Å². The molecule has 2 aromatic carbocycles. The third-order valence-corrected chi connectivity index (χ3v) is 5.24. The first-order valence-corrected chi connectivity index (χ1v) is 10.5. The molecule has 1 aliphatic rings. The highest BCUT2D eigenvalue weighted by atomic mass is 79.9. The van der Waals surface area contributed by atoms with Crippen LogP contribution in [0.15, 0.2) is 68.4 Å². The van der Waals surface area contributed by atoms with E-state index in [0.29, 0.717) is 42.1 Å². The van der Waals surface area contributed by atoms with Gasteiger partial charge in [-0.25, -0.2) is 4.68 Å². The van der Waals surface area contributed by atoms with E-state index in [9.17, 15) is 4.79 Å². The molecule has 0 saturated carbocycles. The van der Waals surface area contributed by atoms with Gasteiger partial charge >= 0.3 is 0 Å². The van der Waals surface area contributed by atoms with Crippen LogP contribution in [0, 0.1) is 0 Å². The molecular formula is C22H17BrN4O4. The third kappa shape index (κ3) is 4.22. The Balaban J connectivity index is 1.42. The lowest BCUT2D eigenvalue weighted by atomic mass is 10.1. The van der Waals surface area contributed by atoms with E-state index in [-0.39, 0.29) is 12.1 Å². The Morgan fingerprint density at radius 3 is 2.71 bits per heavy atom. The molecule has 2 aromatic heterocycles. The number of hydrogen-bond donors (Lipinski definition) is 0. The van der Waals surface area contributed by atoms with Crippen LogP contribution in [0.1, 0.15) is 12.3 Å². The number of nitrogens with zero attached hydrogens (tertiary/aromatic N) is 4. The number of halogens is 1. The first kappa shape index (κ1) is 19.5. The van der Waals surface area contributed by atoms with Gasteiger partial charge in [-0.2, -0.15) is 10.1 Å². The molecule has 0 fully saturated rings. The Kier molecular flexibility index (Phi) is 5.25. The van der Waals surface area contributed by atoms with Gasteiger partial charge in [0.15, 0.2) is 11.5 Å². The van der Waals surface area contributed by atoms with Crippen LogP contribution in [0.4, 0.5) is 0 Å². The maximum atomic E-state index is 12.4. The summed E-state index contributed by atoms with van der Waals surface area (Å²) in [6.45, 7) is 1.29. The molecule has 5 rings (SSSR count). The Morgan fingerprint density at radius 2 is 1.84 bits per heavy atom. The van der Waals surface area contributed by atoms with Crippen LogP contribution in [0.2, 0.25) is 0 Å². The van der Waals surface area contributed by atoms with Crippen LogP contribution >= 0.6 is 15.9 Å². The van der Waals surface area contributed by atoms with Crippen molar-refractivity contribution in [2.75, 3.05) is 13.2 Å². The number of hydrogen-bond acceptors (Lipinski definition) is 7. The van der Waals surface area contributed by atoms with E-state index in [2.05, 4.69) is 31.2 Å². The minimum atomic E-state index is -0.264. The summed E-state index contributed by atoms with van der Waals surface area (Å²) in [6.07, 6.45) is 0.833. The minimum Gasteiger partial charge on any atom is -0.490 e. The number of rotatable bonds is 4. The summed E-state index contributed by atoms with van der Waals surface area (Å²) in [5.41, 5.74) is 1.99. The Morgan fingerprint density at radius 1 is 0.968 bits per heavy atom. The fourth-order valence-corrected chi connectivity index (χ4v) is 3.63. The Hall–Kier alpha value is -3.46. The van der Waals surface area contributed by atoms with Crippen molar-refractivity contribution in [3.63, 3.8) is 0 Å². The predicted octanol–water partition coefficient (Wildman–Crippen LogP) is 3.93. The first-order chi connectivity index (χ1) is 15.2. The van der Waals surface area contributed by atoms with Crippen LogP contribution in [0.25, 0.3) is 22.6 Å². The van der Waals surface area contributed by atoms with Crippen LogP contribution < -0.4 is 15.0 Å². The summed E-state index contributed by atoms with van der Waals surface area (Å²) in [5, 5.41) is 8.49. The second kappa shape index (κ2) is 8.35. The second-order valence-electron chi connectivity index (χ2n) is 6.95. The lowest BCUT2D eigenvalue weighted by molar-refractivity contribution is 0.297. The van der Waals surface area contributed by atoms with E-state index in [4.69, 9.17) is 14.0 Å². The third-order valence-electron chi connectivity index (χ3n) is 4.75. The zero-order chi connectivity index (χ0) is 21.2. The average Bonchev–Trinajstić information content (AvgIpc) is 3.11. The monoisotopic (exact) mass is 480 g/mol. The molecule has 0 radical (unpaired) electrons. The van der Waals surface area contributed by atoms with E-state index in [1.54, 1.807) is 6.07 Å². The van der Waals surface area contributed by atoms with Crippen molar-refractivity contribution in [3.8, 4) is 34.1 Å². The van der Waals surface area contributed by atoms with Gasteiger partial charge in [0, 0.05) is 28.1 Å². The van der Waals surface area contributed by atoms with Gasteiger partial charge in [-0.3, -0.25) is 4.79 Å². The number of fused-ring (bicyclic) bond motifs is 1. The van der Waals surface area contributed by atoms with E-state index >= 15 is 0 Å². The van der Waals surface area contributed by atoms with Crippen molar-refractivity contribution in [1.82, 2.24) is 19.9 Å². The molecule has 4 aromatic rings. The van der Waals surface area contributed by atoms with Gasteiger partial charge in [-0.15, -0.1) is 0 Å². The molecule has 0 aliphatic carbocycles. The molecule has 0 N–H and O–H groups in total. The van der Waals surface area contributed by atoms with Gasteiger partial charge in [-0.05, 0) is 36.4 Å². The predicted molar refractivity (Wildman–Crippen MR) is 116 cm³/mol. The Bertz CT molecular complexity index is 1300. The maximum absolute atomic E-state index is 12.4. The fraction of sp³-hybridized carbons (Fsp3) is 0.182. The van der Waals surface area contributed by atoms with Crippen LogP contribution in [0.3, 0.4) is 0 Å². The molecule has 0 spiro atoms. The lowest BCUT2D eigenvalue weighted by Gasteiger charge is -2.10. The molecule has 0 atom stereocenters. The minimum absolute atomic E-state index is 0.0677. The van der Waals surface area contributed by atoms with Crippen molar-refractivity contribution >= 4 is 15.9 Å². The molecule has 0 unspecified atom stereocenters. The summed E-state index contributed by atoms with van der Waals surface area (Å²) >= 11 is 3.43. The second-order valence-corrected chi connectivity index (χ2v) is 7.86. The molecule has 8 nitrogen and oxygen atoms in total. The molecule has 0 amide bonds. The van der Waals surface area contributed by atoms with Crippen molar-refractivity contribution in [3.05, 3.63) is 75.3 Å². The molecule has 3 heterocycles. The molecule has 0 bridgehead atoms. The molecule has 1 aliphatic heterocycles. The maximum Gasteiger partial charge on any atom is 0.267 e. The SMILES string of the molecule is O=c1ccc(-c2ccc3c(c2)OCCCO3)nn1Cc1nc(-c2cccc(Br)c2)no1. The van der Waals surface area contributed by atoms with Crippen LogP contribution in [-0.2, 0) is 6.54 Å². The summed E-state index contributed by atoms with van der Waals surface area (Å²) < 4.78 is 19.0. The van der Waals surface area contributed by atoms with Gasteiger partial charge in [0.1, 0.15) is 6.54 Å². The Labute approximate surface area is 185 Å². The quantitative estimate of drug-likeness (QED) is 0.436. The molecule has 156 valence electrons. The highest BCUT2D eigenvalue weighted by Gasteiger charge is 2.14. The van der Waals surface area contributed by atoms with E-state index in [1.807, 2.05) is 42.5 Å². The summed E-state index contributed by atoms with van der Waals surface area (Å²) in [5.74, 6) is 2.12. The number of aromatic nitrogens is 4. The van der Waals surface area contributed by atoms with E-state index in [0.717, 1.165) is 22.0 Å². The van der Waals surface area contributed by atoms with Crippen molar-refractivity contribution in [2.45, 2.75) is 13.0 Å². The normalized spacial score (nSPS) is 13.1. The van der Waals surface area contributed by atoms with Crippen LogP contribution in [-0.4, -0.2) is 33.1 Å². The van der Waals surface area contributed by atoms with Gasteiger partial charge in [0.05, 0.1) is 18.9 Å². The smallest absolute Gasteiger partial charge is 0.267 e. The fourth-order valence-electron chi connectivity index (χ4n) is 3.23.